The molecule has 2 aliphatic heterocycles. The van der Waals surface area contributed by atoms with Gasteiger partial charge in [-0.2, -0.15) is 0 Å². The zero-order valence-corrected chi connectivity index (χ0v) is 12.1. The summed E-state index contributed by atoms with van der Waals surface area (Å²) in [7, 11) is 0. The number of nitro groups is 1. The molecule has 2 fully saturated rings. The number of fused-ring (bicyclic) bond motifs is 2. The van der Waals surface area contributed by atoms with Gasteiger partial charge in [0.05, 0.1) is 28.7 Å². The number of nitrogens with one attached hydrogen (secondary N) is 1. The third kappa shape index (κ3) is 2.43. The van der Waals surface area contributed by atoms with Gasteiger partial charge in [0.1, 0.15) is 0 Å². The number of amides is 1. The van der Waals surface area contributed by atoms with Gasteiger partial charge in [0.2, 0.25) is 0 Å². The predicted molar refractivity (Wildman–Crippen MR) is 74.6 cm³/mol. The molecule has 3 rings (SSSR count). The normalized spacial score (nSPS) is 27.6. The number of carbonyl (C=O) groups is 1. The molecule has 2 heterocycles. The van der Waals surface area contributed by atoms with E-state index in [4.69, 9.17) is 4.74 Å². The summed E-state index contributed by atoms with van der Waals surface area (Å²) in [4.78, 5) is 22.5. The van der Waals surface area contributed by atoms with Gasteiger partial charge >= 0.3 is 0 Å². The Kier molecular flexibility index (Phi) is 3.47. The first kappa shape index (κ1) is 13.5. The fourth-order valence-corrected chi connectivity index (χ4v) is 3.26. The molecule has 1 N–H and O–H groups in total. The molecule has 0 spiro atoms. The highest BCUT2D eigenvalue weighted by atomic mass is 79.9. The SMILES string of the molecule is O=C(NC1CC2CCC1O2)c1cc([N+](=O)[O-])ccc1Br. The van der Waals surface area contributed by atoms with Crippen molar-refractivity contribution in [2.75, 3.05) is 0 Å². The summed E-state index contributed by atoms with van der Waals surface area (Å²) in [6.45, 7) is 0. The molecule has 7 heteroatoms. The van der Waals surface area contributed by atoms with Crippen LogP contribution in [0.25, 0.3) is 0 Å². The molecule has 0 radical (unpaired) electrons. The van der Waals surface area contributed by atoms with E-state index in [0.29, 0.717) is 4.47 Å². The van der Waals surface area contributed by atoms with Crippen LogP contribution in [0.2, 0.25) is 0 Å². The Morgan fingerprint density at radius 2 is 2.25 bits per heavy atom. The molecule has 1 aromatic carbocycles. The predicted octanol–water partition coefficient (Wildman–Crippen LogP) is 2.41. The molecule has 1 amide bonds. The smallest absolute Gasteiger partial charge is 0.270 e. The topological polar surface area (TPSA) is 81.5 Å². The van der Waals surface area contributed by atoms with Crippen LogP contribution in [0.15, 0.2) is 22.7 Å². The lowest BCUT2D eigenvalue weighted by Gasteiger charge is -2.20. The van der Waals surface area contributed by atoms with Gasteiger partial charge in [-0.1, -0.05) is 0 Å². The molecule has 0 saturated carbocycles. The maximum Gasteiger partial charge on any atom is 0.270 e. The van der Waals surface area contributed by atoms with Crippen molar-refractivity contribution in [3.63, 3.8) is 0 Å². The van der Waals surface area contributed by atoms with Crippen molar-refractivity contribution < 1.29 is 14.5 Å². The molecule has 3 unspecified atom stereocenters. The van der Waals surface area contributed by atoms with Gasteiger partial charge in [0.25, 0.3) is 11.6 Å². The minimum absolute atomic E-state index is 0.00686. The van der Waals surface area contributed by atoms with Crippen LogP contribution in [-0.2, 0) is 4.74 Å². The van der Waals surface area contributed by atoms with Crippen LogP contribution >= 0.6 is 15.9 Å². The van der Waals surface area contributed by atoms with Crippen molar-refractivity contribution >= 4 is 27.5 Å². The first-order valence-corrected chi connectivity index (χ1v) is 7.24. The fourth-order valence-electron chi connectivity index (χ4n) is 2.84. The Labute approximate surface area is 123 Å². The maximum atomic E-state index is 12.3. The summed E-state index contributed by atoms with van der Waals surface area (Å²) in [5.41, 5.74) is 0.185. The van der Waals surface area contributed by atoms with Gasteiger partial charge in [-0.3, -0.25) is 14.9 Å². The molecule has 2 saturated heterocycles. The van der Waals surface area contributed by atoms with E-state index in [0.717, 1.165) is 19.3 Å². The van der Waals surface area contributed by atoms with Crippen LogP contribution in [0.4, 0.5) is 5.69 Å². The van der Waals surface area contributed by atoms with Crippen molar-refractivity contribution in [3.8, 4) is 0 Å². The van der Waals surface area contributed by atoms with E-state index < -0.39 is 4.92 Å². The number of non-ortho nitro benzene ring substituents is 1. The quantitative estimate of drug-likeness (QED) is 0.676. The molecule has 106 valence electrons. The number of halogens is 1. The van der Waals surface area contributed by atoms with Crippen molar-refractivity contribution in [2.24, 2.45) is 0 Å². The summed E-state index contributed by atoms with van der Waals surface area (Å²) < 4.78 is 6.23. The highest BCUT2D eigenvalue weighted by molar-refractivity contribution is 9.10. The summed E-state index contributed by atoms with van der Waals surface area (Å²) in [6.07, 6.45) is 3.17. The summed E-state index contributed by atoms with van der Waals surface area (Å²) >= 11 is 3.26. The third-order valence-corrected chi connectivity index (χ3v) is 4.52. The van der Waals surface area contributed by atoms with E-state index >= 15 is 0 Å². The van der Waals surface area contributed by atoms with Crippen molar-refractivity contribution in [1.82, 2.24) is 5.32 Å². The maximum absolute atomic E-state index is 12.3. The highest BCUT2D eigenvalue weighted by Gasteiger charge is 2.41. The Hall–Kier alpha value is -1.47. The fraction of sp³-hybridized carbons (Fsp3) is 0.462. The van der Waals surface area contributed by atoms with Gasteiger partial charge in [-0.15, -0.1) is 0 Å². The second kappa shape index (κ2) is 5.14. The number of ether oxygens (including phenoxy) is 1. The van der Waals surface area contributed by atoms with E-state index in [2.05, 4.69) is 21.2 Å². The lowest BCUT2D eigenvalue weighted by molar-refractivity contribution is -0.384. The van der Waals surface area contributed by atoms with Crippen LogP contribution in [-0.4, -0.2) is 29.1 Å². The summed E-state index contributed by atoms with van der Waals surface area (Å²) in [6, 6.07) is 4.17. The lowest BCUT2D eigenvalue weighted by atomic mass is 9.95. The molecular formula is C13H13BrN2O4. The Morgan fingerprint density at radius 1 is 1.45 bits per heavy atom. The number of rotatable bonds is 3. The largest absolute Gasteiger partial charge is 0.373 e. The number of carbonyl (C=O) groups excluding carboxylic acids is 1. The average Bonchev–Trinajstić information content (AvgIpc) is 3.01. The first-order chi connectivity index (χ1) is 9.54. The van der Waals surface area contributed by atoms with E-state index in [1.54, 1.807) is 0 Å². The van der Waals surface area contributed by atoms with E-state index in [1.165, 1.54) is 18.2 Å². The number of nitrogens with zero attached hydrogens (tertiary/aromatic N) is 1. The van der Waals surface area contributed by atoms with E-state index in [9.17, 15) is 14.9 Å². The number of hydrogen-bond acceptors (Lipinski definition) is 4. The Bertz CT molecular complexity index is 577. The second-order valence-electron chi connectivity index (χ2n) is 5.11. The van der Waals surface area contributed by atoms with Crippen LogP contribution < -0.4 is 5.32 Å². The third-order valence-electron chi connectivity index (χ3n) is 3.83. The van der Waals surface area contributed by atoms with Crippen LogP contribution in [0.3, 0.4) is 0 Å². The van der Waals surface area contributed by atoms with Gasteiger partial charge < -0.3 is 10.1 Å². The summed E-state index contributed by atoms with van der Waals surface area (Å²) in [5.74, 6) is -0.304. The molecule has 0 aliphatic carbocycles. The van der Waals surface area contributed by atoms with E-state index in [-0.39, 0.29) is 35.4 Å². The lowest BCUT2D eigenvalue weighted by Crippen LogP contribution is -2.41. The number of nitro benzene ring substituents is 1. The number of hydrogen-bond donors (Lipinski definition) is 1. The monoisotopic (exact) mass is 340 g/mol. The second-order valence-corrected chi connectivity index (χ2v) is 5.97. The van der Waals surface area contributed by atoms with Crippen LogP contribution in [0, 0.1) is 10.1 Å². The molecule has 3 atom stereocenters. The summed E-state index contributed by atoms with van der Waals surface area (Å²) in [5, 5.41) is 13.7. The molecule has 1 aromatic rings. The molecule has 2 bridgehead atoms. The zero-order valence-electron chi connectivity index (χ0n) is 10.5. The molecule has 2 aliphatic rings. The minimum Gasteiger partial charge on any atom is -0.373 e. The molecule has 6 nitrogen and oxygen atoms in total. The van der Waals surface area contributed by atoms with Crippen molar-refractivity contribution in [1.29, 1.82) is 0 Å². The average molecular weight is 341 g/mol. The van der Waals surface area contributed by atoms with Crippen LogP contribution in [0.1, 0.15) is 29.6 Å². The first-order valence-electron chi connectivity index (χ1n) is 6.45. The van der Waals surface area contributed by atoms with Crippen molar-refractivity contribution in [2.45, 2.75) is 37.5 Å². The van der Waals surface area contributed by atoms with Gasteiger partial charge in [-0.05, 0) is 41.3 Å². The van der Waals surface area contributed by atoms with Gasteiger partial charge in [0, 0.05) is 16.6 Å². The Balaban J connectivity index is 1.76. The standard InChI is InChI=1S/C13H13BrN2O4/c14-10-3-1-7(16(18)19)5-9(10)13(17)15-11-6-8-2-4-12(11)20-8/h1,3,5,8,11-12H,2,4,6H2,(H,15,17). The minimum atomic E-state index is -0.510. The van der Waals surface area contributed by atoms with E-state index in [1.807, 2.05) is 0 Å². The molecular weight excluding hydrogens is 328 g/mol. The molecule has 0 aromatic heterocycles. The Morgan fingerprint density at radius 3 is 2.85 bits per heavy atom. The van der Waals surface area contributed by atoms with Crippen LogP contribution in [0.5, 0.6) is 0 Å². The van der Waals surface area contributed by atoms with Gasteiger partial charge in [-0.25, -0.2) is 0 Å². The van der Waals surface area contributed by atoms with Gasteiger partial charge in [0.15, 0.2) is 0 Å². The molecule has 20 heavy (non-hydrogen) atoms. The zero-order chi connectivity index (χ0) is 14.3. The number of benzene rings is 1. The highest BCUT2D eigenvalue weighted by Crippen LogP contribution is 2.34. The van der Waals surface area contributed by atoms with Crippen molar-refractivity contribution in [3.05, 3.63) is 38.3 Å².